The van der Waals surface area contributed by atoms with E-state index >= 15 is 0 Å². The molecule has 0 atom stereocenters. The van der Waals surface area contributed by atoms with Crippen molar-refractivity contribution in [3.8, 4) is 0 Å². The van der Waals surface area contributed by atoms with Crippen LogP contribution in [0.3, 0.4) is 0 Å². The van der Waals surface area contributed by atoms with Gasteiger partial charge in [0, 0.05) is 6.54 Å². The summed E-state index contributed by atoms with van der Waals surface area (Å²) in [6.07, 6.45) is 0. The molecule has 0 rings (SSSR count). The maximum absolute atomic E-state index is 9.81. The Balaban J connectivity index is -0.000000245. The molecule has 0 radical (unpaired) electrons. The number of hydrogen-bond acceptors (Lipinski definition) is 3. The average molecular weight is 181 g/mol. The summed E-state index contributed by atoms with van der Waals surface area (Å²) >= 11 is 0. The molecule has 0 spiro atoms. The third-order valence-electron chi connectivity index (χ3n) is 0.377. The first-order valence-electron chi connectivity index (χ1n) is 1.96. The molecular weight excluding hydrogens is 172 g/mol. The van der Waals surface area contributed by atoms with Crippen molar-refractivity contribution in [2.24, 2.45) is 5.73 Å². The van der Waals surface area contributed by atoms with Gasteiger partial charge in [-0.1, -0.05) is 0 Å². The largest absolute Gasteiger partial charge is 1.00 e. The van der Waals surface area contributed by atoms with E-state index in [0.29, 0.717) is 0 Å². The molecule has 0 bridgehead atoms. The van der Waals surface area contributed by atoms with Gasteiger partial charge in [-0.15, -0.1) is 0 Å². The maximum atomic E-state index is 9.81. The molecule has 0 unspecified atom stereocenters. The smallest absolute Gasteiger partial charge is 1.00 e. The van der Waals surface area contributed by atoms with Gasteiger partial charge in [-0.3, -0.25) is 4.52 Å². The van der Waals surface area contributed by atoms with Gasteiger partial charge in [-0.2, -0.15) is 0 Å². The minimum absolute atomic E-state index is 0. The van der Waals surface area contributed by atoms with E-state index in [-0.39, 0.29) is 66.0 Å². The number of hydrogen-bond donors (Lipinski definition) is 3. The van der Waals surface area contributed by atoms with Crippen LogP contribution in [0.1, 0.15) is 1.43 Å². The summed E-state index contributed by atoms with van der Waals surface area (Å²) in [5, 5.41) is 0. The number of nitrogens with two attached hydrogens (primary N) is 1. The molecule has 5 nitrogen and oxygen atoms in total. The third-order valence-corrected chi connectivity index (χ3v) is 0.896. The van der Waals surface area contributed by atoms with Crippen LogP contribution in [-0.2, 0) is 9.09 Å². The Morgan fingerprint density at radius 1 is 1.67 bits per heavy atom. The fourth-order valence-corrected chi connectivity index (χ4v) is 0.515. The van der Waals surface area contributed by atoms with Gasteiger partial charge >= 0.3 is 59.2 Å². The van der Waals surface area contributed by atoms with Gasteiger partial charge in [0.15, 0.2) is 0 Å². The third kappa shape index (κ3) is 12.8. The quantitative estimate of drug-likeness (QED) is 0.306. The first-order valence-corrected chi connectivity index (χ1v) is 3.49. The van der Waals surface area contributed by atoms with E-state index < -0.39 is 7.82 Å². The summed E-state index contributed by atoms with van der Waals surface area (Å²) in [7, 11) is -4.26. The number of rotatable bonds is 3. The van der Waals surface area contributed by atoms with Crippen molar-refractivity contribution in [3.05, 3.63) is 0 Å². The van der Waals surface area contributed by atoms with Crippen LogP contribution >= 0.6 is 7.82 Å². The monoisotopic (exact) mass is 181 g/mol. The molecule has 4 N–H and O–H groups in total. The van der Waals surface area contributed by atoms with Crippen LogP contribution in [0.5, 0.6) is 0 Å². The molecule has 0 saturated carbocycles. The van der Waals surface area contributed by atoms with E-state index in [0.717, 1.165) is 0 Å². The Kier molecular flexibility index (Phi) is 9.49. The molecule has 0 amide bonds. The zero-order valence-corrected chi connectivity index (χ0v) is 9.17. The second-order valence-corrected chi connectivity index (χ2v) is 2.35. The molecule has 9 heavy (non-hydrogen) atoms. The Bertz CT molecular complexity index is 107. The summed E-state index contributed by atoms with van der Waals surface area (Å²) in [5.74, 6) is 0. The number of phosphoric ester groups is 1. The van der Waals surface area contributed by atoms with Crippen LogP contribution in [-0.4, -0.2) is 22.9 Å². The van der Waals surface area contributed by atoms with Crippen LogP contribution in [0.4, 0.5) is 0 Å². The Morgan fingerprint density at radius 3 is 2.22 bits per heavy atom. The van der Waals surface area contributed by atoms with Gasteiger partial charge in [0.25, 0.3) is 0 Å². The molecule has 0 aromatic rings. The van der Waals surface area contributed by atoms with Crippen LogP contribution < -0.4 is 57.1 Å². The predicted octanol–water partition coefficient (Wildman–Crippen LogP) is -3.83. The van der Waals surface area contributed by atoms with Gasteiger partial charge in [-0.05, 0) is 0 Å². The van der Waals surface area contributed by atoms with Crippen molar-refractivity contribution in [1.82, 2.24) is 0 Å². The molecule has 0 aromatic heterocycles. The minimum atomic E-state index is -4.26. The SMILES string of the molecule is NCCOP(=O)(O)O.[H-].[K+]. The predicted molar refractivity (Wildman–Crippen MR) is 28.2 cm³/mol. The summed E-state index contributed by atoms with van der Waals surface area (Å²) in [5.41, 5.74) is 4.87. The Hall–Kier alpha value is 1.71. The Morgan fingerprint density at radius 2 is 2.11 bits per heavy atom. The van der Waals surface area contributed by atoms with Gasteiger partial charge < -0.3 is 16.9 Å². The standard InChI is InChI=1S/C2H8NO4P.K.H/c3-1-2-7-8(4,5)6;;/h1-3H2,(H2,4,5,6);;/q;+1;-1. The summed E-state index contributed by atoms with van der Waals surface area (Å²) in [6, 6.07) is 0. The normalized spacial score (nSPS) is 10.6. The van der Waals surface area contributed by atoms with Crippen molar-refractivity contribution in [1.29, 1.82) is 0 Å². The van der Waals surface area contributed by atoms with E-state index in [1.165, 1.54) is 0 Å². The van der Waals surface area contributed by atoms with Gasteiger partial charge in [0.05, 0.1) is 6.61 Å². The van der Waals surface area contributed by atoms with Crippen LogP contribution in [0.2, 0.25) is 0 Å². The van der Waals surface area contributed by atoms with Crippen molar-refractivity contribution >= 4 is 7.82 Å². The summed E-state index contributed by atoms with van der Waals surface area (Å²) in [6.45, 7) is 0.00931. The van der Waals surface area contributed by atoms with Crippen LogP contribution in [0, 0.1) is 0 Å². The van der Waals surface area contributed by atoms with E-state index in [2.05, 4.69) is 4.52 Å². The topological polar surface area (TPSA) is 92.8 Å². The second-order valence-electron chi connectivity index (χ2n) is 1.11. The zero-order valence-electron chi connectivity index (χ0n) is 6.15. The van der Waals surface area contributed by atoms with Crippen molar-refractivity contribution < 1.29 is 71.7 Å². The molecule has 0 fully saturated rings. The molecule has 0 aliphatic carbocycles. The summed E-state index contributed by atoms with van der Waals surface area (Å²) in [4.78, 5) is 16.0. The van der Waals surface area contributed by atoms with Gasteiger partial charge in [0.2, 0.25) is 0 Å². The van der Waals surface area contributed by atoms with Crippen molar-refractivity contribution in [2.75, 3.05) is 13.2 Å². The van der Waals surface area contributed by atoms with E-state index in [9.17, 15) is 4.57 Å². The van der Waals surface area contributed by atoms with Crippen LogP contribution in [0.15, 0.2) is 0 Å². The number of phosphoric acid groups is 1. The van der Waals surface area contributed by atoms with E-state index in [4.69, 9.17) is 15.5 Å². The van der Waals surface area contributed by atoms with Gasteiger partial charge in [-0.25, -0.2) is 4.57 Å². The fraction of sp³-hybridized carbons (Fsp3) is 1.00. The van der Waals surface area contributed by atoms with E-state index in [1.807, 2.05) is 0 Å². The van der Waals surface area contributed by atoms with Crippen molar-refractivity contribution in [2.45, 2.75) is 0 Å². The molecule has 0 aromatic carbocycles. The molecule has 0 aliphatic rings. The first-order chi connectivity index (χ1) is 3.56. The van der Waals surface area contributed by atoms with Gasteiger partial charge in [0.1, 0.15) is 0 Å². The molecule has 7 heteroatoms. The Labute approximate surface area is 97.1 Å². The molecule has 0 heterocycles. The van der Waals surface area contributed by atoms with E-state index in [1.54, 1.807) is 0 Å². The second kappa shape index (κ2) is 6.42. The van der Waals surface area contributed by atoms with Crippen molar-refractivity contribution in [3.63, 3.8) is 0 Å². The molecule has 0 saturated heterocycles. The maximum Gasteiger partial charge on any atom is 1.00 e. The summed E-state index contributed by atoms with van der Waals surface area (Å²) < 4.78 is 13.7. The average Bonchev–Trinajstić information content (AvgIpc) is 1.59. The molecule has 0 aliphatic heterocycles. The minimum Gasteiger partial charge on any atom is -1.00 e. The zero-order chi connectivity index (χ0) is 6.62. The molecular formula is C2H9KNO4P. The first kappa shape index (κ1) is 13.3. The molecule has 52 valence electrons. The fourth-order valence-electron chi connectivity index (χ4n) is 0.172. The van der Waals surface area contributed by atoms with Crippen LogP contribution in [0.25, 0.3) is 0 Å².